The zero-order valence-electron chi connectivity index (χ0n) is 9.86. The number of benzene rings is 1. The van der Waals surface area contributed by atoms with E-state index < -0.39 is 17.6 Å². The number of carbonyl (C=O) groups is 1. The average Bonchev–Trinajstić information content (AvgIpc) is 2.33. The number of nitrogens with one attached hydrogen (secondary N) is 1. The summed E-state index contributed by atoms with van der Waals surface area (Å²) in [7, 11) is 0. The predicted octanol–water partition coefficient (Wildman–Crippen LogP) is 4.22. The van der Waals surface area contributed by atoms with Crippen LogP contribution in [0.4, 0.5) is 13.2 Å². The van der Waals surface area contributed by atoms with Crippen LogP contribution in [0.25, 0.3) is 0 Å². The Bertz CT molecular complexity index is 451. The summed E-state index contributed by atoms with van der Waals surface area (Å²) >= 11 is 8.56. The van der Waals surface area contributed by atoms with Crippen molar-refractivity contribution < 1.29 is 18.0 Å². The molecule has 1 N–H and O–H groups in total. The first-order valence-electron chi connectivity index (χ1n) is 5.57. The van der Waals surface area contributed by atoms with Gasteiger partial charge in [-0.15, -0.1) is 11.6 Å². The first-order valence-corrected chi connectivity index (χ1v) is 6.90. The second kappa shape index (κ2) is 7.14. The largest absolute Gasteiger partial charge is 0.416 e. The maximum Gasteiger partial charge on any atom is 0.416 e. The van der Waals surface area contributed by atoms with Crippen molar-refractivity contribution in [1.82, 2.24) is 5.32 Å². The van der Waals surface area contributed by atoms with E-state index in [9.17, 15) is 18.0 Å². The Morgan fingerprint density at radius 3 is 2.58 bits per heavy atom. The average molecular weight is 359 g/mol. The summed E-state index contributed by atoms with van der Waals surface area (Å²) in [6, 6.07) is 2.98. The molecule has 0 unspecified atom stereocenters. The molecule has 0 aromatic heterocycles. The fourth-order valence-electron chi connectivity index (χ4n) is 1.39. The van der Waals surface area contributed by atoms with Gasteiger partial charge in [0, 0.05) is 16.9 Å². The van der Waals surface area contributed by atoms with Crippen LogP contribution >= 0.6 is 27.5 Å². The van der Waals surface area contributed by atoms with Crippen LogP contribution in [-0.4, -0.2) is 18.3 Å². The molecule has 0 bridgehead atoms. The van der Waals surface area contributed by atoms with Gasteiger partial charge in [-0.25, -0.2) is 0 Å². The first-order chi connectivity index (χ1) is 8.86. The van der Waals surface area contributed by atoms with Gasteiger partial charge in [0.05, 0.1) is 11.1 Å². The van der Waals surface area contributed by atoms with Gasteiger partial charge in [0.25, 0.3) is 5.91 Å². The zero-order chi connectivity index (χ0) is 14.5. The molecule has 0 aliphatic carbocycles. The third-order valence-electron chi connectivity index (χ3n) is 2.38. The normalized spacial score (nSPS) is 11.4. The Hall–Kier alpha value is -0.750. The highest BCUT2D eigenvalue weighted by atomic mass is 79.9. The minimum absolute atomic E-state index is 0.0271. The molecule has 1 amide bonds. The van der Waals surface area contributed by atoms with Crippen molar-refractivity contribution in [3.63, 3.8) is 0 Å². The second-order valence-electron chi connectivity index (χ2n) is 3.84. The summed E-state index contributed by atoms with van der Waals surface area (Å²) in [5.41, 5.74) is -0.873. The Labute approximate surface area is 122 Å². The molecule has 0 aliphatic rings. The van der Waals surface area contributed by atoms with Gasteiger partial charge in [0.1, 0.15) is 0 Å². The number of hydrogen-bond acceptors (Lipinski definition) is 1. The maximum atomic E-state index is 12.6. The van der Waals surface area contributed by atoms with Crippen LogP contribution in [0.15, 0.2) is 22.7 Å². The van der Waals surface area contributed by atoms with Crippen molar-refractivity contribution in [2.24, 2.45) is 0 Å². The Morgan fingerprint density at radius 1 is 1.32 bits per heavy atom. The molecule has 1 aromatic rings. The summed E-state index contributed by atoms with van der Waals surface area (Å²) in [5.74, 6) is -0.0455. The molecule has 0 spiro atoms. The second-order valence-corrected chi connectivity index (χ2v) is 5.08. The lowest BCUT2D eigenvalue weighted by Crippen LogP contribution is -2.25. The molecule has 19 heavy (non-hydrogen) atoms. The van der Waals surface area contributed by atoms with Gasteiger partial charge in [-0.3, -0.25) is 4.79 Å². The van der Waals surface area contributed by atoms with E-state index in [-0.39, 0.29) is 5.56 Å². The molecule has 0 atom stereocenters. The first kappa shape index (κ1) is 16.3. The van der Waals surface area contributed by atoms with E-state index >= 15 is 0 Å². The lowest BCUT2D eigenvalue weighted by atomic mass is 10.1. The van der Waals surface area contributed by atoms with Crippen LogP contribution in [0, 0.1) is 0 Å². The predicted molar refractivity (Wildman–Crippen MR) is 71.4 cm³/mol. The van der Waals surface area contributed by atoms with Crippen molar-refractivity contribution in [1.29, 1.82) is 0 Å². The van der Waals surface area contributed by atoms with Gasteiger partial charge in [0.2, 0.25) is 0 Å². The number of alkyl halides is 4. The lowest BCUT2D eigenvalue weighted by molar-refractivity contribution is -0.137. The van der Waals surface area contributed by atoms with Crippen molar-refractivity contribution in [2.75, 3.05) is 12.4 Å². The third kappa shape index (κ3) is 5.03. The summed E-state index contributed by atoms with van der Waals surface area (Å²) < 4.78 is 38.0. The maximum absolute atomic E-state index is 12.6. The van der Waals surface area contributed by atoms with Crippen molar-refractivity contribution in [3.05, 3.63) is 33.8 Å². The van der Waals surface area contributed by atoms with Crippen molar-refractivity contribution in [2.45, 2.75) is 19.0 Å². The smallest absolute Gasteiger partial charge is 0.352 e. The standard InChI is InChI=1S/C12H12BrClF3NO/c13-10-4-3-8(12(15,16)17)7-9(10)11(19)18-6-2-1-5-14/h3-4,7H,1-2,5-6H2,(H,18,19). The Kier molecular flexibility index (Phi) is 6.13. The van der Waals surface area contributed by atoms with Gasteiger partial charge >= 0.3 is 6.18 Å². The number of amides is 1. The molecule has 106 valence electrons. The number of carbonyl (C=O) groups excluding carboxylic acids is 1. The van der Waals surface area contributed by atoms with Crippen LogP contribution in [-0.2, 0) is 6.18 Å². The van der Waals surface area contributed by atoms with Crippen LogP contribution < -0.4 is 5.32 Å². The fraction of sp³-hybridized carbons (Fsp3) is 0.417. The molecule has 0 saturated heterocycles. The molecule has 2 nitrogen and oxygen atoms in total. The Balaban J connectivity index is 2.78. The third-order valence-corrected chi connectivity index (χ3v) is 3.34. The molecule has 0 radical (unpaired) electrons. The van der Waals surface area contributed by atoms with Crippen LogP contribution in [0.1, 0.15) is 28.8 Å². The SMILES string of the molecule is O=C(NCCCCCl)c1cc(C(F)(F)F)ccc1Br. The van der Waals surface area contributed by atoms with Crippen LogP contribution in [0.3, 0.4) is 0 Å². The van der Waals surface area contributed by atoms with E-state index in [0.29, 0.717) is 23.3 Å². The van der Waals surface area contributed by atoms with Crippen LogP contribution in [0.2, 0.25) is 0 Å². The number of rotatable bonds is 5. The van der Waals surface area contributed by atoms with Gasteiger partial charge in [-0.1, -0.05) is 0 Å². The quantitative estimate of drug-likeness (QED) is 0.620. The molecule has 0 fully saturated rings. The van der Waals surface area contributed by atoms with E-state index in [4.69, 9.17) is 11.6 Å². The molecule has 1 aromatic carbocycles. The Morgan fingerprint density at radius 2 is 2.00 bits per heavy atom. The molecule has 1 rings (SSSR count). The summed E-state index contributed by atoms with van der Waals surface area (Å²) in [6.45, 7) is 0.383. The fourth-order valence-corrected chi connectivity index (χ4v) is 2.01. The van der Waals surface area contributed by atoms with Crippen molar-refractivity contribution in [3.8, 4) is 0 Å². The molecule has 7 heteroatoms. The van der Waals surface area contributed by atoms with Gasteiger partial charge in [0.15, 0.2) is 0 Å². The monoisotopic (exact) mass is 357 g/mol. The summed E-state index contributed by atoms with van der Waals surface area (Å²) in [6.07, 6.45) is -3.04. The van der Waals surface area contributed by atoms with Gasteiger partial charge < -0.3 is 5.32 Å². The number of hydrogen-bond donors (Lipinski definition) is 1. The molecular formula is C12H12BrClF3NO. The van der Waals surface area contributed by atoms with E-state index in [1.807, 2.05) is 0 Å². The molecular weight excluding hydrogens is 346 g/mol. The lowest BCUT2D eigenvalue weighted by Gasteiger charge is -2.11. The number of halogens is 5. The zero-order valence-corrected chi connectivity index (χ0v) is 12.2. The topological polar surface area (TPSA) is 29.1 Å². The van der Waals surface area contributed by atoms with Crippen molar-refractivity contribution >= 4 is 33.4 Å². The molecule has 0 heterocycles. The highest BCUT2D eigenvalue weighted by Gasteiger charge is 2.31. The summed E-state index contributed by atoms with van der Waals surface area (Å²) in [5, 5.41) is 2.56. The molecule has 0 aliphatic heterocycles. The highest BCUT2D eigenvalue weighted by molar-refractivity contribution is 9.10. The number of unbranched alkanes of at least 4 members (excludes halogenated alkanes) is 1. The van der Waals surface area contributed by atoms with E-state index in [2.05, 4.69) is 21.2 Å². The van der Waals surface area contributed by atoms with E-state index in [1.165, 1.54) is 6.07 Å². The molecule has 0 saturated carbocycles. The minimum atomic E-state index is -4.46. The van der Waals surface area contributed by atoms with E-state index in [1.54, 1.807) is 0 Å². The highest BCUT2D eigenvalue weighted by Crippen LogP contribution is 2.31. The van der Waals surface area contributed by atoms with E-state index in [0.717, 1.165) is 18.6 Å². The minimum Gasteiger partial charge on any atom is -0.352 e. The van der Waals surface area contributed by atoms with Crippen LogP contribution in [0.5, 0.6) is 0 Å². The summed E-state index contributed by atoms with van der Waals surface area (Å²) in [4.78, 5) is 11.8. The van der Waals surface area contributed by atoms with Gasteiger partial charge in [-0.2, -0.15) is 13.2 Å². The van der Waals surface area contributed by atoms with Gasteiger partial charge in [-0.05, 0) is 47.0 Å².